The summed E-state index contributed by atoms with van der Waals surface area (Å²) in [5, 5.41) is 12.8. The zero-order chi connectivity index (χ0) is 23.7. The lowest BCUT2D eigenvalue weighted by Gasteiger charge is -2.23. The van der Waals surface area contributed by atoms with E-state index in [1.54, 1.807) is 37.4 Å². The van der Waals surface area contributed by atoms with Gasteiger partial charge in [0.05, 0.1) is 30.8 Å². The molecule has 3 aromatic rings. The molecule has 5 rings (SSSR count). The molecule has 176 valence electrons. The van der Waals surface area contributed by atoms with Crippen molar-refractivity contribution in [3.8, 4) is 5.75 Å². The largest absolute Gasteiger partial charge is 0.488 e. The zero-order valence-electron chi connectivity index (χ0n) is 18.8. The van der Waals surface area contributed by atoms with Crippen LogP contribution < -0.4 is 10.1 Å². The van der Waals surface area contributed by atoms with Crippen LogP contribution in [0.1, 0.15) is 36.5 Å². The number of aromatic nitrogens is 2. The lowest BCUT2D eigenvalue weighted by Crippen LogP contribution is -2.40. The summed E-state index contributed by atoms with van der Waals surface area (Å²) < 4.78 is 11.5. The molecule has 1 heterocycles. The van der Waals surface area contributed by atoms with Gasteiger partial charge in [0.25, 0.3) is 5.91 Å². The molecule has 0 aliphatic heterocycles. The van der Waals surface area contributed by atoms with E-state index < -0.39 is 0 Å². The van der Waals surface area contributed by atoms with E-state index in [2.05, 4.69) is 15.5 Å². The summed E-state index contributed by atoms with van der Waals surface area (Å²) in [6.45, 7) is 2.10. The van der Waals surface area contributed by atoms with Gasteiger partial charge in [-0.2, -0.15) is 10.2 Å². The normalized spacial score (nSPS) is 23.7. The van der Waals surface area contributed by atoms with Gasteiger partial charge >= 0.3 is 5.97 Å². The Hall–Kier alpha value is -3.19. The highest BCUT2D eigenvalue weighted by molar-refractivity contribution is 6.30. The molecule has 2 aliphatic rings. The molecule has 2 aliphatic carbocycles. The van der Waals surface area contributed by atoms with E-state index in [9.17, 15) is 9.59 Å². The number of hydrogen-bond donors (Lipinski definition) is 1. The molecule has 2 aromatic carbocycles. The summed E-state index contributed by atoms with van der Waals surface area (Å²) in [6.07, 6.45) is 3.66. The molecule has 2 fully saturated rings. The van der Waals surface area contributed by atoms with E-state index in [1.165, 1.54) is 0 Å². The van der Waals surface area contributed by atoms with Gasteiger partial charge in [-0.3, -0.25) is 9.59 Å². The second kappa shape index (κ2) is 9.58. The molecule has 1 amide bonds. The Bertz CT molecular complexity index is 1180. The molecule has 0 radical (unpaired) electrons. The molecule has 2 saturated carbocycles. The summed E-state index contributed by atoms with van der Waals surface area (Å²) in [5.41, 5.74) is 1.32. The molecule has 34 heavy (non-hydrogen) atoms. The van der Waals surface area contributed by atoms with Crippen molar-refractivity contribution in [1.82, 2.24) is 15.5 Å². The van der Waals surface area contributed by atoms with Crippen molar-refractivity contribution in [1.29, 1.82) is 0 Å². The first kappa shape index (κ1) is 22.6. The Morgan fingerprint density at radius 2 is 1.85 bits per heavy atom. The van der Waals surface area contributed by atoms with Gasteiger partial charge in [-0.1, -0.05) is 23.7 Å². The van der Waals surface area contributed by atoms with E-state index in [0.717, 1.165) is 29.5 Å². The van der Waals surface area contributed by atoms with Crippen LogP contribution in [0.4, 0.5) is 0 Å². The average molecular weight is 480 g/mol. The van der Waals surface area contributed by atoms with Crippen molar-refractivity contribution in [2.75, 3.05) is 6.61 Å². The number of carbonyl (C=O) groups is 2. The fraction of sp³-hybridized carbons (Fsp3) is 0.385. The van der Waals surface area contributed by atoms with Crippen LogP contribution in [-0.4, -0.2) is 40.8 Å². The molecular weight excluding hydrogens is 454 g/mol. The van der Waals surface area contributed by atoms with Crippen LogP contribution in [0, 0.1) is 17.8 Å². The second-order valence-corrected chi connectivity index (χ2v) is 9.37. The molecule has 8 heteroatoms. The number of nitrogens with one attached hydrogen (secondary N) is 1. The quantitative estimate of drug-likeness (QED) is 0.480. The first-order valence-corrected chi connectivity index (χ1v) is 12.0. The van der Waals surface area contributed by atoms with Crippen LogP contribution in [0.2, 0.25) is 5.02 Å². The number of carbonyl (C=O) groups excluding carboxylic acids is 2. The number of halogens is 1. The Balaban J connectivity index is 1.25. The van der Waals surface area contributed by atoms with Crippen molar-refractivity contribution in [2.24, 2.45) is 17.8 Å². The van der Waals surface area contributed by atoms with Crippen molar-refractivity contribution in [3.63, 3.8) is 0 Å². The molecule has 2 unspecified atom stereocenters. The van der Waals surface area contributed by atoms with Crippen LogP contribution in [0.5, 0.6) is 5.75 Å². The number of esters is 1. The molecule has 5 atom stereocenters. The molecule has 1 N–H and O–H groups in total. The SMILES string of the molecule is CCOC(=O)CC(NC(=O)c1ccc(Cl)cc1)[C@H]1[C@@H]2CC(Oc3cnnc4ccccc34)C[C@@H]21. The Morgan fingerprint density at radius 3 is 2.59 bits per heavy atom. The van der Waals surface area contributed by atoms with Gasteiger partial charge in [0.2, 0.25) is 0 Å². The number of nitrogens with zero attached hydrogens (tertiary/aromatic N) is 2. The Morgan fingerprint density at radius 1 is 1.12 bits per heavy atom. The summed E-state index contributed by atoms with van der Waals surface area (Å²) in [6, 6.07) is 14.3. The molecule has 1 aromatic heterocycles. The number of hydrogen-bond acceptors (Lipinski definition) is 6. The summed E-state index contributed by atoms with van der Waals surface area (Å²) in [7, 11) is 0. The van der Waals surface area contributed by atoms with Gasteiger partial charge < -0.3 is 14.8 Å². The third-order valence-electron chi connectivity index (χ3n) is 6.85. The minimum absolute atomic E-state index is 0.0778. The fourth-order valence-electron chi connectivity index (χ4n) is 5.33. The topological polar surface area (TPSA) is 90.4 Å². The number of fused-ring (bicyclic) bond motifs is 2. The standard InChI is InChI=1S/C26H26ClN3O4/c1-2-33-24(31)13-22(29-26(32)15-7-9-16(27)10-8-15)25-19-11-17(12-20(19)25)34-23-14-28-30-21-6-4-3-5-18(21)23/h3-10,14,17,19-20,22,25H,2,11-13H2,1H3,(H,29,32)/t17?,19-,20+,22?,25+. The molecule has 7 nitrogen and oxygen atoms in total. The van der Waals surface area contributed by atoms with Gasteiger partial charge in [0.1, 0.15) is 5.75 Å². The lowest BCUT2D eigenvalue weighted by atomic mass is 9.99. The lowest BCUT2D eigenvalue weighted by molar-refractivity contribution is -0.143. The van der Waals surface area contributed by atoms with E-state index in [4.69, 9.17) is 21.1 Å². The van der Waals surface area contributed by atoms with E-state index >= 15 is 0 Å². The minimum atomic E-state index is -0.295. The van der Waals surface area contributed by atoms with Crippen LogP contribution in [-0.2, 0) is 9.53 Å². The maximum Gasteiger partial charge on any atom is 0.307 e. The Labute approximate surface area is 202 Å². The monoisotopic (exact) mass is 479 g/mol. The van der Waals surface area contributed by atoms with Gasteiger partial charge in [0, 0.05) is 22.0 Å². The van der Waals surface area contributed by atoms with E-state index in [-0.39, 0.29) is 36.4 Å². The highest BCUT2D eigenvalue weighted by atomic mass is 35.5. The van der Waals surface area contributed by atoms with E-state index in [1.807, 2.05) is 24.3 Å². The Kier molecular flexibility index (Phi) is 6.37. The first-order valence-electron chi connectivity index (χ1n) is 11.6. The summed E-state index contributed by atoms with van der Waals surface area (Å²) in [5.74, 6) is 1.27. The number of amides is 1. The van der Waals surface area contributed by atoms with Crippen molar-refractivity contribution < 1.29 is 19.1 Å². The van der Waals surface area contributed by atoms with Crippen molar-refractivity contribution >= 4 is 34.4 Å². The zero-order valence-corrected chi connectivity index (χ0v) is 19.6. The first-order chi connectivity index (χ1) is 16.5. The van der Waals surface area contributed by atoms with Gasteiger partial charge in [0.15, 0.2) is 0 Å². The van der Waals surface area contributed by atoms with Crippen molar-refractivity contribution in [3.05, 3.63) is 65.3 Å². The molecule has 0 saturated heterocycles. The molecular formula is C26H26ClN3O4. The van der Waals surface area contributed by atoms with Crippen LogP contribution >= 0.6 is 11.6 Å². The van der Waals surface area contributed by atoms with Gasteiger partial charge in [-0.25, -0.2) is 0 Å². The predicted molar refractivity (Wildman–Crippen MR) is 128 cm³/mol. The van der Waals surface area contributed by atoms with Crippen LogP contribution in [0.3, 0.4) is 0 Å². The number of benzene rings is 2. The third kappa shape index (κ3) is 4.71. The maximum atomic E-state index is 12.8. The highest BCUT2D eigenvalue weighted by Gasteiger charge is 2.60. The maximum absolute atomic E-state index is 12.8. The minimum Gasteiger partial charge on any atom is -0.488 e. The van der Waals surface area contributed by atoms with Gasteiger partial charge in [-0.15, -0.1) is 0 Å². The number of ether oxygens (including phenoxy) is 2. The smallest absolute Gasteiger partial charge is 0.307 e. The average Bonchev–Trinajstić information content (AvgIpc) is 3.34. The van der Waals surface area contributed by atoms with E-state index in [0.29, 0.717) is 29.0 Å². The predicted octanol–water partition coefficient (Wildman–Crippen LogP) is 4.44. The number of rotatable bonds is 8. The van der Waals surface area contributed by atoms with Crippen LogP contribution in [0.25, 0.3) is 10.9 Å². The fourth-order valence-corrected chi connectivity index (χ4v) is 5.45. The summed E-state index contributed by atoms with van der Waals surface area (Å²) in [4.78, 5) is 25.1. The molecule has 0 spiro atoms. The summed E-state index contributed by atoms with van der Waals surface area (Å²) >= 11 is 5.94. The highest BCUT2D eigenvalue weighted by Crippen LogP contribution is 2.60. The van der Waals surface area contributed by atoms with Crippen molar-refractivity contribution in [2.45, 2.75) is 38.3 Å². The molecule has 0 bridgehead atoms. The third-order valence-corrected chi connectivity index (χ3v) is 7.10. The van der Waals surface area contributed by atoms with Crippen LogP contribution in [0.15, 0.2) is 54.7 Å². The second-order valence-electron chi connectivity index (χ2n) is 8.94. The van der Waals surface area contributed by atoms with Gasteiger partial charge in [-0.05, 0) is 73.9 Å².